The molecule has 1 aromatic carbocycles. The predicted octanol–water partition coefficient (Wildman–Crippen LogP) is 3.21. The fourth-order valence-corrected chi connectivity index (χ4v) is 2.58. The lowest BCUT2D eigenvalue weighted by Gasteiger charge is -2.15. The molecule has 0 radical (unpaired) electrons. The van der Waals surface area contributed by atoms with Gasteiger partial charge in [-0.15, -0.1) is 0 Å². The summed E-state index contributed by atoms with van der Waals surface area (Å²) in [6.07, 6.45) is 2.38. The van der Waals surface area contributed by atoms with Crippen molar-refractivity contribution >= 4 is 15.9 Å². The lowest BCUT2D eigenvalue weighted by atomic mass is 10.0. The maximum absolute atomic E-state index is 5.88. The molecule has 0 aliphatic rings. The van der Waals surface area contributed by atoms with Crippen molar-refractivity contribution in [3.05, 3.63) is 45.8 Å². The molecule has 1 aromatic heterocycles. The molecule has 1 unspecified atom stereocenters. The van der Waals surface area contributed by atoms with Gasteiger partial charge in [0.05, 0.1) is 6.20 Å². The van der Waals surface area contributed by atoms with Crippen LogP contribution >= 0.6 is 15.9 Å². The minimum Gasteiger partial charge on any atom is -0.485 e. The molecule has 1 heterocycles. The third kappa shape index (κ3) is 3.81. The molecule has 2 rings (SSSR count). The van der Waals surface area contributed by atoms with E-state index in [1.54, 1.807) is 12.3 Å². The van der Waals surface area contributed by atoms with Gasteiger partial charge in [-0.05, 0) is 43.5 Å². The molecule has 0 fully saturated rings. The molecule has 102 valence electrons. The van der Waals surface area contributed by atoms with Gasteiger partial charge in [-0.3, -0.25) is 0 Å². The fourth-order valence-electron chi connectivity index (χ4n) is 1.96. The first-order valence-corrected chi connectivity index (χ1v) is 6.92. The van der Waals surface area contributed by atoms with E-state index in [9.17, 15) is 0 Å². The molecule has 0 aliphatic carbocycles. The Morgan fingerprint density at radius 3 is 2.89 bits per heavy atom. The average molecular weight is 325 g/mol. The van der Waals surface area contributed by atoms with Crippen molar-refractivity contribution in [2.24, 2.45) is 5.73 Å². The van der Waals surface area contributed by atoms with Gasteiger partial charge in [0.25, 0.3) is 0 Å². The van der Waals surface area contributed by atoms with Gasteiger partial charge in [0.2, 0.25) is 0 Å². The SMILES string of the molecule is Cc1cc(Br)cc(CC(C)N)c1OCc1ccno1. The molecule has 0 saturated heterocycles. The monoisotopic (exact) mass is 324 g/mol. The van der Waals surface area contributed by atoms with Crippen LogP contribution in [0.1, 0.15) is 23.8 Å². The van der Waals surface area contributed by atoms with Crippen LogP contribution in [0.25, 0.3) is 0 Å². The van der Waals surface area contributed by atoms with Crippen molar-refractivity contribution in [2.45, 2.75) is 32.9 Å². The van der Waals surface area contributed by atoms with Crippen molar-refractivity contribution in [3.63, 3.8) is 0 Å². The van der Waals surface area contributed by atoms with Crippen LogP contribution in [0.2, 0.25) is 0 Å². The first-order chi connectivity index (χ1) is 9.06. The number of halogens is 1. The summed E-state index contributed by atoms with van der Waals surface area (Å²) in [7, 11) is 0. The maximum Gasteiger partial charge on any atom is 0.174 e. The summed E-state index contributed by atoms with van der Waals surface area (Å²) in [5.41, 5.74) is 8.06. The quantitative estimate of drug-likeness (QED) is 0.917. The second-order valence-corrected chi connectivity index (χ2v) is 5.58. The van der Waals surface area contributed by atoms with E-state index in [-0.39, 0.29) is 6.04 Å². The zero-order chi connectivity index (χ0) is 13.8. The van der Waals surface area contributed by atoms with Gasteiger partial charge in [-0.1, -0.05) is 21.1 Å². The Kier molecular flexibility index (Phi) is 4.61. The van der Waals surface area contributed by atoms with Crippen LogP contribution in [0.3, 0.4) is 0 Å². The Morgan fingerprint density at radius 1 is 1.47 bits per heavy atom. The highest BCUT2D eigenvalue weighted by molar-refractivity contribution is 9.10. The standard InChI is InChI=1S/C14H17BrN2O2/c1-9-5-12(15)7-11(6-10(2)16)14(9)18-8-13-3-4-17-19-13/h3-5,7,10H,6,8,16H2,1-2H3. The zero-order valence-electron chi connectivity index (χ0n) is 11.0. The molecule has 5 heteroatoms. The van der Waals surface area contributed by atoms with E-state index in [4.69, 9.17) is 15.0 Å². The number of rotatable bonds is 5. The number of aryl methyl sites for hydroxylation is 1. The molecule has 0 aliphatic heterocycles. The zero-order valence-corrected chi connectivity index (χ0v) is 12.6. The Morgan fingerprint density at radius 2 is 2.26 bits per heavy atom. The minimum absolute atomic E-state index is 0.0846. The van der Waals surface area contributed by atoms with Crippen molar-refractivity contribution in [2.75, 3.05) is 0 Å². The maximum atomic E-state index is 5.88. The molecule has 1 atom stereocenters. The summed E-state index contributed by atoms with van der Waals surface area (Å²) in [5.74, 6) is 1.57. The highest BCUT2D eigenvalue weighted by Crippen LogP contribution is 2.29. The van der Waals surface area contributed by atoms with Gasteiger partial charge in [0.15, 0.2) is 5.76 Å². The van der Waals surface area contributed by atoms with Crippen LogP contribution in [-0.2, 0) is 13.0 Å². The van der Waals surface area contributed by atoms with Gasteiger partial charge in [-0.2, -0.15) is 0 Å². The number of aromatic nitrogens is 1. The summed E-state index contributed by atoms with van der Waals surface area (Å²) in [6, 6.07) is 5.95. The number of nitrogens with two attached hydrogens (primary N) is 1. The Balaban J connectivity index is 2.21. The van der Waals surface area contributed by atoms with Gasteiger partial charge < -0.3 is 15.0 Å². The molecular formula is C14H17BrN2O2. The second kappa shape index (κ2) is 6.21. The van der Waals surface area contributed by atoms with Gasteiger partial charge >= 0.3 is 0 Å². The smallest absolute Gasteiger partial charge is 0.174 e. The molecule has 0 saturated carbocycles. The molecule has 19 heavy (non-hydrogen) atoms. The summed E-state index contributed by atoms with van der Waals surface area (Å²) in [6.45, 7) is 4.37. The number of benzene rings is 1. The Labute approximate surface area is 121 Å². The lowest BCUT2D eigenvalue weighted by molar-refractivity contribution is 0.246. The molecule has 0 amide bonds. The van der Waals surface area contributed by atoms with Crippen LogP contribution in [0, 0.1) is 6.92 Å². The van der Waals surface area contributed by atoms with E-state index in [0.717, 1.165) is 27.8 Å². The van der Waals surface area contributed by atoms with Crippen molar-refractivity contribution in [1.29, 1.82) is 0 Å². The number of hydrogen-bond donors (Lipinski definition) is 1. The largest absolute Gasteiger partial charge is 0.485 e. The fraction of sp³-hybridized carbons (Fsp3) is 0.357. The molecule has 0 bridgehead atoms. The first-order valence-electron chi connectivity index (χ1n) is 6.13. The molecule has 4 nitrogen and oxygen atoms in total. The van der Waals surface area contributed by atoms with Crippen LogP contribution in [0.5, 0.6) is 5.75 Å². The summed E-state index contributed by atoms with van der Waals surface area (Å²) < 4.78 is 11.9. The summed E-state index contributed by atoms with van der Waals surface area (Å²) in [4.78, 5) is 0. The topological polar surface area (TPSA) is 61.3 Å². The highest BCUT2D eigenvalue weighted by atomic mass is 79.9. The second-order valence-electron chi connectivity index (χ2n) is 4.66. The Hall–Kier alpha value is -1.33. The average Bonchev–Trinajstić information content (AvgIpc) is 2.79. The molecular weight excluding hydrogens is 308 g/mol. The molecule has 2 N–H and O–H groups in total. The van der Waals surface area contributed by atoms with E-state index in [0.29, 0.717) is 12.4 Å². The van der Waals surface area contributed by atoms with E-state index in [1.807, 2.05) is 26.0 Å². The molecule has 0 spiro atoms. The van der Waals surface area contributed by atoms with E-state index < -0.39 is 0 Å². The van der Waals surface area contributed by atoms with E-state index in [2.05, 4.69) is 21.1 Å². The third-order valence-electron chi connectivity index (χ3n) is 2.71. The van der Waals surface area contributed by atoms with Crippen molar-refractivity contribution in [3.8, 4) is 5.75 Å². The van der Waals surface area contributed by atoms with E-state index in [1.165, 1.54) is 0 Å². The first kappa shape index (κ1) is 14.1. The number of nitrogens with zero attached hydrogens (tertiary/aromatic N) is 1. The predicted molar refractivity (Wildman–Crippen MR) is 77.1 cm³/mol. The van der Waals surface area contributed by atoms with Crippen LogP contribution in [0.4, 0.5) is 0 Å². The molecule has 2 aromatic rings. The van der Waals surface area contributed by atoms with Gasteiger partial charge in [-0.25, -0.2) is 0 Å². The highest BCUT2D eigenvalue weighted by Gasteiger charge is 2.12. The van der Waals surface area contributed by atoms with Crippen LogP contribution < -0.4 is 10.5 Å². The summed E-state index contributed by atoms with van der Waals surface area (Å²) in [5, 5.41) is 3.66. The number of ether oxygens (including phenoxy) is 1. The Bertz CT molecular complexity index is 539. The van der Waals surface area contributed by atoms with Gasteiger partial charge in [0.1, 0.15) is 12.4 Å². The lowest BCUT2D eigenvalue weighted by Crippen LogP contribution is -2.18. The summed E-state index contributed by atoms with van der Waals surface area (Å²) >= 11 is 3.50. The van der Waals surface area contributed by atoms with E-state index >= 15 is 0 Å². The normalized spacial score (nSPS) is 12.4. The third-order valence-corrected chi connectivity index (χ3v) is 3.17. The minimum atomic E-state index is 0.0846. The van der Waals surface area contributed by atoms with Gasteiger partial charge in [0, 0.05) is 16.6 Å². The van der Waals surface area contributed by atoms with Crippen molar-refractivity contribution in [1.82, 2.24) is 5.16 Å². The number of hydrogen-bond acceptors (Lipinski definition) is 4. The van der Waals surface area contributed by atoms with Crippen LogP contribution in [-0.4, -0.2) is 11.2 Å². The van der Waals surface area contributed by atoms with Crippen LogP contribution in [0.15, 0.2) is 33.4 Å². The van der Waals surface area contributed by atoms with Crippen molar-refractivity contribution < 1.29 is 9.26 Å².